The van der Waals surface area contributed by atoms with E-state index in [1.165, 1.54) is 4.90 Å². The number of nitrogens with one attached hydrogen (secondary N) is 1. The van der Waals surface area contributed by atoms with E-state index in [-0.39, 0.29) is 6.54 Å². The van der Waals surface area contributed by atoms with Crippen molar-refractivity contribution in [3.8, 4) is 17.2 Å². The lowest BCUT2D eigenvalue weighted by atomic mass is 10.2. The molecular formula is C20H24N2O5. The fourth-order valence-electron chi connectivity index (χ4n) is 2.34. The minimum atomic E-state index is -0.950. The van der Waals surface area contributed by atoms with Gasteiger partial charge < -0.3 is 24.8 Å². The minimum Gasteiger partial charge on any atom is -0.494 e. The molecule has 2 rings (SSSR count). The maximum Gasteiger partial charge on any atom is 0.321 e. The zero-order valence-corrected chi connectivity index (χ0v) is 15.6. The lowest BCUT2D eigenvalue weighted by molar-refractivity contribution is -0.141. The summed E-state index contributed by atoms with van der Waals surface area (Å²) in [5.41, 5.74) is 0.492. The smallest absolute Gasteiger partial charge is 0.321 e. The highest BCUT2D eigenvalue weighted by Crippen LogP contribution is 2.30. The van der Waals surface area contributed by atoms with Crippen LogP contribution in [0.2, 0.25) is 0 Å². The van der Waals surface area contributed by atoms with Crippen molar-refractivity contribution in [1.82, 2.24) is 4.90 Å². The van der Waals surface area contributed by atoms with Gasteiger partial charge in [0.05, 0.1) is 18.2 Å². The van der Waals surface area contributed by atoms with Gasteiger partial charge in [0.15, 0.2) is 5.75 Å². The van der Waals surface area contributed by atoms with E-state index in [4.69, 9.17) is 14.6 Å². The molecule has 1 unspecified atom stereocenters. The van der Waals surface area contributed by atoms with Crippen LogP contribution in [0, 0.1) is 5.92 Å². The van der Waals surface area contributed by atoms with Crippen molar-refractivity contribution in [2.24, 2.45) is 5.92 Å². The van der Waals surface area contributed by atoms with E-state index in [0.29, 0.717) is 23.8 Å². The third-order valence-corrected chi connectivity index (χ3v) is 3.81. The minimum absolute atomic E-state index is 0.100. The Kier molecular flexibility index (Phi) is 7.05. The van der Waals surface area contributed by atoms with Gasteiger partial charge in [0.1, 0.15) is 11.5 Å². The van der Waals surface area contributed by atoms with Gasteiger partial charge in [0.25, 0.3) is 0 Å². The Labute approximate surface area is 158 Å². The van der Waals surface area contributed by atoms with E-state index < -0.39 is 17.9 Å². The molecule has 0 saturated carbocycles. The molecule has 0 spiro atoms. The van der Waals surface area contributed by atoms with E-state index in [0.717, 1.165) is 5.75 Å². The number of carbonyl (C=O) groups is 2. The normalized spacial score (nSPS) is 11.4. The molecule has 144 valence electrons. The Balaban J connectivity index is 2.06. The van der Waals surface area contributed by atoms with Crippen LogP contribution in [-0.2, 0) is 4.79 Å². The molecule has 0 aromatic heterocycles. The first-order chi connectivity index (χ1) is 12.9. The highest BCUT2D eigenvalue weighted by Gasteiger charge is 2.18. The maximum atomic E-state index is 12.3. The number of carboxylic acids is 1. The molecule has 1 atom stereocenters. The van der Waals surface area contributed by atoms with Crippen LogP contribution in [0.5, 0.6) is 17.2 Å². The summed E-state index contributed by atoms with van der Waals surface area (Å²) < 4.78 is 11.3. The van der Waals surface area contributed by atoms with Gasteiger partial charge in [-0.15, -0.1) is 0 Å². The monoisotopic (exact) mass is 372 g/mol. The summed E-state index contributed by atoms with van der Waals surface area (Å²) in [5, 5.41) is 11.7. The van der Waals surface area contributed by atoms with Gasteiger partial charge in [0.2, 0.25) is 0 Å². The second kappa shape index (κ2) is 9.47. The number of ether oxygens (including phenoxy) is 2. The number of hydrogen-bond donors (Lipinski definition) is 2. The number of amides is 2. The topological polar surface area (TPSA) is 88.1 Å². The standard InChI is InChI=1S/C20H24N2O5/c1-4-26-15-9-11-16(12-10-15)27-18-8-6-5-7-17(18)21-20(25)22(3)13-14(2)19(23)24/h5-12,14H,4,13H2,1-3H3,(H,21,25)(H,23,24). The van der Waals surface area contributed by atoms with Gasteiger partial charge in [-0.3, -0.25) is 4.79 Å². The van der Waals surface area contributed by atoms with Crippen molar-refractivity contribution in [3.05, 3.63) is 48.5 Å². The average Bonchev–Trinajstić information content (AvgIpc) is 2.65. The van der Waals surface area contributed by atoms with Gasteiger partial charge in [-0.05, 0) is 43.3 Å². The lowest BCUT2D eigenvalue weighted by Gasteiger charge is -2.21. The van der Waals surface area contributed by atoms with Crippen molar-refractivity contribution < 1.29 is 24.2 Å². The molecule has 27 heavy (non-hydrogen) atoms. The number of carbonyl (C=O) groups excluding carboxylic acids is 1. The van der Waals surface area contributed by atoms with Crippen LogP contribution in [0.25, 0.3) is 0 Å². The Bertz CT molecular complexity index is 776. The predicted octanol–water partition coefficient (Wildman–Crippen LogP) is 4.06. The van der Waals surface area contributed by atoms with Crippen LogP contribution >= 0.6 is 0 Å². The molecule has 0 saturated heterocycles. The Morgan fingerprint density at radius 2 is 1.74 bits per heavy atom. The number of aliphatic carboxylic acids is 1. The van der Waals surface area contributed by atoms with Crippen LogP contribution in [0.4, 0.5) is 10.5 Å². The SMILES string of the molecule is CCOc1ccc(Oc2ccccc2NC(=O)N(C)CC(C)C(=O)O)cc1. The van der Waals surface area contributed by atoms with Crippen LogP contribution in [-0.4, -0.2) is 42.2 Å². The molecule has 2 aromatic carbocycles. The first-order valence-electron chi connectivity index (χ1n) is 8.65. The van der Waals surface area contributed by atoms with E-state index >= 15 is 0 Å². The summed E-state index contributed by atoms with van der Waals surface area (Å²) in [6.45, 7) is 4.15. The zero-order chi connectivity index (χ0) is 19.8. The summed E-state index contributed by atoms with van der Waals surface area (Å²) in [4.78, 5) is 24.6. The second-order valence-corrected chi connectivity index (χ2v) is 6.05. The van der Waals surface area contributed by atoms with Crippen LogP contribution in [0.1, 0.15) is 13.8 Å². The summed E-state index contributed by atoms with van der Waals surface area (Å²) >= 11 is 0. The quantitative estimate of drug-likeness (QED) is 0.729. The van der Waals surface area contributed by atoms with E-state index in [1.54, 1.807) is 62.5 Å². The number of nitrogens with zero attached hydrogens (tertiary/aromatic N) is 1. The summed E-state index contributed by atoms with van der Waals surface area (Å²) in [6.07, 6.45) is 0. The number of rotatable bonds is 8. The highest BCUT2D eigenvalue weighted by molar-refractivity contribution is 5.91. The van der Waals surface area contributed by atoms with Crippen LogP contribution in [0.15, 0.2) is 48.5 Å². The van der Waals surface area contributed by atoms with Crippen LogP contribution < -0.4 is 14.8 Å². The molecule has 7 nitrogen and oxygen atoms in total. The summed E-state index contributed by atoms with van der Waals surface area (Å²) in [5.74, 6) is 0.230. The average molecular weight is 372 g/mol. The van der Waals surface area contributed by atoms with Gasteiger partial charge in [-0.25, -0.2) is 4.79 Å². The van der Waals surface area contributed by atoms with E-state index in [1.807, 2.05) is 6.92 Å². The Morgan fingerprint density at radius 3 is 2.37 bits per heavy atom. The zero-order valence-electron chi connectivity index (χ0n) is 15.6. The largest absolute Gasteiger partial charge is 0.494 e. The fraction of sp³-hybridized carbons (Fsp3) is 0.300. The van der Waals surface area contributed by atoms with Crippen molar-refractivity contribution in [1.29, 1.82) is 0 Å². The van der Waals surface area contributed by atoms with E-state index in [9.17, 15) is 9.59 Å². The molecule has 0 aliphatic carbocycles. The molecule has 0 heterocycles. The summed E-state index contributed by atoms with van der Waals surface area (Å²) in [6, 6.07) is 13.8. The first-order valence-corrected chi connectivity index (χ1v) is 8.65. The molecule has 0 aliphatic heterocycles. The number of anilines is 1. The first kappa shape index (κ1) is 20.1. The van der Waals surface area contributed by atoms with Gasteiger partial charge >= 0.3 is 12.0 Å². The number of hydrogen-bond acceptors (Lipinski definition) is 4. The maximum absolute atomic E-state index is 12.3. The molecule has 2 amide bonds. The molecule has 0 fully saturated rings. The van der Waals surface area contributed by atoms with E-state index in [2.05, 4.69) is 5.32 Å². The molecule has 0 radical (unpaired) electrons. The number of carboxylic acid groups (broad SMARTS) is 1. The van der Waals surface area contributed by atoms with Gasteiger partial charge in [-0.1, -0.05) is 19.1 Å². The van der Waals surface area contributed by atoms with Gasteiger partial charge in [0, 0.05) is 13.6 Å². The highest BCUT2D eigenvalue weighted by atomic mass is 16.5. The molecule has 2 aromatic rings. The predicted molar refractivity (Wildman–Crippen MR) is 103 cm³/mol. The number of para-hydroxylation sites is 2. The third kappa shape index (κ3) is 5.91. The molecule has 7 heteroatoms. The molecule has 0 aliphatic rings. The third-order valence-electron chi connectivity index (χ3n) is 3.81. The number of urea groups is 1. The van der Waals surface area contributed by atoms with Crippen molar-refractivity contribution in [2.75, 3.05) is 25.5 Å². The van der Waals surface area contributed by atoms with Crippen molar-refractivity contribution >= 4 is 17.7 Å². The Morgan fingerprint density at radius 1 is 1.11 bits per heavy atom. The Hall–Kier alpha value is -3.22. The van der Waals surface area contributed by atoms with Crippen molar-refractivity contribution in [2.45, 2.75) is 13.8 Å². The van der Waals surface area contributed by atoms with Crippen LogP contribution in [0.3, 0.4) is 0 Å². The van der Waals surface area contributed by atoms with Gasteiger partial charge in [-0.2, -0.15) is 0 Å². The molecule has 0 bridgehead atoms. The fourth-order valence-corrected chi connectivity index (χ4v) is 2.34. The molecule has 2 N–H and O–H groups in total. The lowest BCUT2D eigenvalue weighted by Crippen LogP contribution is -2.36. The summed E-state index contributed by atoms with van der Waals surface area (Å²) in [7, 11) is 1.55. The number of benzene rings is 2. The second-order valence-electron chi connectivity index (χ2n) is 6.05. The van der Waals surface area contributed by atoms with Crippen molar-refractivity contribution in [3.63, 3.8) is 0 Å². The molecular weight excluding hydrogens is 348 g/mol.